The third kappa shape index (κ3) is 6.85. The van der Waals surface area contributed by atoms with Gasteiger partial charge in [0.25, 0.3) is 0 Å². The minimum Gasteiger partial charge on any atom is -0.387 e. The molecule has 0 aliphatic heterocycles. The molecule has 4 heteroatoms. The van der Waals surface area contributed by atoms with Gasteiger partial charge >= 0.3 is 0 Å². The van der Waals surface area contributed by atoms with Gasteiger partial charge in [-0.15, -0.1) is 0 Å². The first-order valence-corrected chi connectivity index (χ1v) is 15.5. The summed E-state index contributed by atoms with van der Waals surface area (Å²) in [6.07, 6.45) is 0.843. The van der Waals surface area contributed by atoms with Gasteiger partial charge in [0.05, 0.1) is 38.1 Å². The van der Waals surface area contributed by atoms with Crippen LogP contribution in [0.4, 0.5) is 0 Å². The van der Waals surface area contributed by atoms with Crippen LogP contribution >= 0.6 is 0 Å². The first-order chi connectivity index (χ1) is 21.7. The Labute approximate surface area is 260 Å². The van der Waals surface area contributed by atoms with Gasteiger partial charge in [-0.25, -0.2) is 0 Å². The maximum Gasteiger partial charge on any atom is 0.144 e. The number of aliphatic hydroxyl groups is 1. The molecule has 0 amide bonds. The van der Waals surface area contributed by atoms with Crippen molar-refractivity contribution >= 4 is 0 Å². The molecular weight excluding hydrogens is 544 g/mol. The zero-order valence-corrected chi connectivity index (χ0v) is 25.0. The molecule has 0 aromatic heterocycles. The standard InChI is InChI=1S/C40H40O4/c41-39(31-43-29-33-18-8-2-9-19-33)27-38(26-37(39)30-42-28-32-16-6-1-7-17-32)44-40(34-20-10-3-11-21-34,35-22-12-4-13-23-35)36-24-14-5-15-25-36/h1-25,37-38,41H,26-31H2/t37-,38-,39-/m1/s1. The lowest BCUT2D eigenvalue weighted by atomic mass is 9.80. The van der Waals surface area contributed by atoms with E-state index in [1.807, 2.05) is 66.7 Å². The number of ether oxygens (including phenoxy) is 3. The van der Waals surface area contributed by atoms with Crippen molar-refractivity contribution in [1.82, 2.24) is 0 Å². The van der Waals surface area contributed by atoms with Crippen molar-refractivity contribution in [3.05, 3.63) is 179 Å². The molecule has 0 spiro atoms. The number of hydrogen-bond acceptors (Lipinski definition) is 4. The first kappa shape index (κ1) is 30.0. The molecule has 1 aliphatic carbocycles. The quantitative estimate of drug-likeness (QED) is 0.143. The van der Waals surface area contributed by atoms with Gasteiger partial charge in [0.15, 0.2) is 0 Å². The van der Waals surface area contributed by atoms with E-state index in [2.05, 4.69) is 84.9 Å². The summed E-state index contributed by atoms with van der Waals surface area (Å²) in [6.45, 7) is 1.55. The summed E-state index contributed by atoms with van der Waals surface area (Å²) in [7, 11) is 0. The van der Waals surface area contributed by atoms with Gasteiger partial charge in [-0.3, -0.25) is 0 Å². The minimum atomic E-state index is -1.11. The van der Waals surface area contributed by atoms with Crippen LogP contribution in [0.2, 0.25) is 0 Å². The topological polar surface area (TPSA) is 47.9 Å². The van der Waals surface area contributed by atoms with Crippen molar-refractivity contribution in [3.8, 4) is 0 Å². The fourth-order valence-corrected chi connectivity index (χ4v) is 6.46. The van der Waals surface area contributed by atoms with Crippen molar-refractivity contribution in [3.63, 3.8) is 0 Å². The van der Waals surface area contributed by atoms with Crippen molar-refractivity contribution in [2.75, 3.05) is 13.2 Å². The minimum absolute atomic E-state index is 0.160. The van der Waals surface area contributed by atoms with Crippen LogP contribution in [0.25, 0.3) is 0 Å². The summed E-state index contributed by atoms with van der Waals surface area (Å²) in [5.41, 5.74) is 3.36. The molecule has 1 N–H and O–H groups in total. The Hall–Kier alpha value is -4.06. The fourth-order valence-electron chi connectivity index (χ4n) is 6.46. The molecule has 5 aromatic carbocycles. The zero-order valence-electron chi connectivity index (χ0n) is 25.0. The third-order valence-corrected chi connectivity index (χ3v) is 8.67. The van der Waals surface area contributed by atoms with E-state index in [0.717, 1.165) is 27.8 Å². The van der Waals surface area contributed by atoms with Gasteiger partial charge < -0.3 is 19.3 Å². The highest BCUT2D eigenvalue weighted by Crippen LogP contribution is 2.46. The summed E-state index contributed by atoms with van der Waals surface area (Å²) < 4.78 is 19.7. The monoisotopic (exact) mass is 584 g/mol. The van der Waals surface area contributed by atoms with Crippen LogP contribution < -0.4 is 0 Å². The summed E-state index contributed by atoms with van der Waals surface area (Å²) in [5, 5.41) is 12.2. The van der Waals surface area contributed by atoms with Gasteiger partial charge in [-0.05, 0) is 34.2 Å². The second-order valence-corrected chi connectivity index (χ2v) is 11.7. The largest absolute Gasteiger partial charge is 0.387 e. The molecule has 0 bridgehead atoms. The van der Waals surface area contributed by atoms with Gasteiger partial charge in [0.1, 0.15) is 5.60 Å². The number of benzene rings is 5. The highest BCUT2D eigenvalue weighted by atomic mass is 16.5. The average Bonchev–Trinajstić information content (AvgIpc) is 3.40. The maximum atomic E-state index is 12.2. The SMILES string of the molecule is O[C@@]1(COCc2ccccc2)C[C@H](OC(c2ccccc2)(c2ccccc2)c2ccccc2)C[C@@H]1COCc1ccccc1. The van der Waals surface area contributed by atoms with Crippen LogP contribution in [-0.4, -0.2) is 30.0 Å². The lowest BCUT2D eigenvalue weighted by Gasteiger charge is -2.38. The van der Waals surface area contributed by atoms with E-state index in [1.165, 1.54) is 0 Å². The van der Waals surface area contributed by atoms with Crippen LogP contribution in [0.1, 0.15) is 40.7 Å². The van der Waals surface area contributed by atoms with Crippen LogP contribution in [0.15, 0.2) is 152 Å². The van der Waals surface area contributed by atoms with Crippen LogP contribution in [0.3, 0.4) is 0 Å². The smallest absolute Gasteiger partial charge is 0.144 e. The van der Waals surface area contributed by atoms with E-state index in [4.69, 9.17) is 14.2 Å². The van der Waals surface area contributed by atoms with E-state index in [-0.39, 0.29) is 18.6 Å². The normalized spacial score (nSPS) is 20.0. The first-order valence-electron chi connectivity index (χ1n) is 15.5. The second-order valence-electron chi connectivity index (χ2n) is 11.7. The Morgan fingerprint density at radius 1 is 0.568 bits per heavy atom. The van der Waals surface area contributed by atoms with Crippen LogP contribution in [0.5, 0.6) is 0 Å². The molecule has 224 valence electrons. The Balaban J connectivity index is 1.30. The Morgan fingerprint density at radius 3 is 1.43 bits per heavy atom. The molecule has 6 rings (SSSR count). The predicted molar refractivity (Wildman–Crippen MR) is 174 cm³/mol. The predicted octanol–water partition coefficient (Wildman–Crippen LogP) is 7.94. The maximum absolute atomic E-state index is 12.2. The van der Waals surface area contributed by atoms with E-state index < -0.39 is 11.2 Å². The lowest BCUT2D eigenvalue weighted by molar-refractivity contribution is -0.102. The van der Waals surface area contributed by atoms with E-state index >= 15 is 0 Å². The van der Waals surface area contributed by atoms with Gasteiger partial charge in [0.2, 0.25) is 0 Å². The molecular formula is C40H40O4. The Morgan fingerprint density at radius 2 is 0.977 bits per heavy atom. The Bertz CT molecular complexity index is 1450. The Kier molecular flexibility index (Phi) is 9.64. The molecule has 3 atom stereocenters. The summed E-state index contributed by atoms with van der Waals surface area (Å²) >= 11 is 0. The zero-order chi connectivity index (χ0) is 30.1. The average molecular weight is 585 g/mol. The number of hydrogen-bond donors (Lipinski definition) is 1. The third-order valence-electron chi connectivity index (χ3n) is 8.67. The molecule has 5 aromatic rings. The summed E-state index contributed by atoms with van der Waals surface area (Å²) in [4.78, 5) is 0. The molecule has 0 radical (unpaired) electrons. The van der Waals surface area contributed by atoms with Crippen molar-refractivity contribution in [2.24, 2.45) is 5.92 Å². The molecule has 0 unspecified atom stereocenters. The fraction of sp³-hybridized carbons (Fsp3) is 0.250. The van der Waals surface area contributed by atoms with Gasteiger partial charge in [0, 0.05) is 12.3 Å². The van der Waals surface area contributed by atoms with E-state index in [1.54, 1.807) is 0 Å². The highest BCUT2D eigenvalue weighted by Gasteiger charge is 2.50. The molecule has 1 fully saturated rings. The lowest BCUT2D eigenvalue weighted by Crippen LogP contribution is -2.41. The van der Waals surface area contributed by atoms with Crippen molar-refractivity contribution < 1.29 is 19.3 Å². The van der Waals surface area contributed by atoms with Crippen LogP contribution in [0, 0.1) is 5.92 Å². The molecule has 44 heavy (non-hydrogen) atoms. The van der Waals surface area contributed by atoms with E-state index in [9.17, 15) is 5.11 Å². The van der Waals surface area contributed by atoms with Gasteiger partial charge in [-0.1, -0.05) is 152 Å². The molecule has 0 heterocycles. The van der Waals surface area contributed by atoms with Crippen LogP contribution in [-0.2, 0) is 33.0 Å². The van der Waals surface area contributed by atoms with E-state index in [0.29, 0.717) is 32.7 Å². The van der Waals surface area contributed by atoms with Gasteiger partial charge in [-0.2, -0.15) is 0 Å². The summed E-state index contributed by atoms with van der Waals surface area (Å²) in [5.74, 6) is -0.160. The summed E-state index contributed by atoms with van der Waals surface area (Å²) in [6, 6.07) is 51.5. The molecule has 1 aliphatic rings. The highest BCUT2D eigenvalue weighted by molar-refractivity contribution is 5.47. The van der Waals surface area contributed by atoms with Crippen molar-refractivity contribution in [1.29, 1.82) is 0 Å². The second kappa shape index (κ2) is 14.1. The molecule has 4 nitrogen and oxygen atoms in total. The van der Waals surface area contributed by atoms with Crippen molar-refractivity contribution in [2.45, 2.75) is 43.4 Å². The molecule has 1 saturated carbocycles. The molecule has 0 saturated heterocycles. The number of rotatable bonds is 13.